The second-order valence-corrected chi connectivity index (χ2v) is 10.5. The first kappa shape index (κ1) is 18.7. The summed E-state index contributed by atoms with van der Waals surface area (Å²) in [5.74, 6) is 1.77. The van der Waals surface area contributed by atoms with Crippen LogP contribution in [0.4, 0.5) is 0 Å². The van der Waals surface area contributed by atoms with E-state index in [0.717, 1.165) is 12.8 Å². The van der Waals surface area contributed by atoms with Gasteiger partial charge in [0.05, 0.1) is 30.0 Å². The highest BCUT2D eigenvalue weighted by molar-refractivity contribution is 5.68. The summed E-state index contributed by atoms with van der Waals surface area (Å²) < 4.78 is 17.6. The summed E-state index contributed by atoms with van der Waals surface area (Å²) in [5, 5.41) is 0. The van der Waals surface area contributed by atoms with E-state index in [1.807, 2.05) is 6.92 Å². The molecule has 0 bridgehead atoms. The van der Waals surface area contributed by atoms with Crippen LogP contribution in [0.2, 0.25) is 0 Å². The molecule has 2 aliphatic heterocycles. The van der Waals surface area contributed by atoms with Gasteiger partial charge in [0.25, 0.3) is 0 Å². The van der Waals surface area contributed by atoms with Crippen LogP contribution in [0.1, 0.15) is 79.6 Å². The Hall–Kier alpha value is -0.610. The largest absolute Gasteiger partial charge is 0.465 e. The quantitative estimate of drug-likeness (QED) is 0.514. The Morgan fingerprint density at radius 1 is 1.04 bits per heavy atom. The van der Waals surface area contributed by atoms with Crippen molar-refractivity contribution in [1.29, 1.82) is 0 Å². The van der Waals surface area contributed by atoms with Gasteiger partial charge in [-0.25, -0.2) is 0 Å². The number of hydrogen-bond acceptors (Lipinski definition) is 4. The van der Waals surface area contributed by atoms with Gasteiger partial charge < -0.3 is 14.2 Å². The molecule has 0 radical (unpaired) electrons. The van der Waals surface area contributed by atoms with Crippen LogP contribution in [-0.4, -0.2) is 36.0 Å². The van der Waals surface area contributed by atoms with E-state index < -0.39 is 0 Å². The van der Waals surface area contributed by atoms with Gasteiger partial charge in [-0.15, -0.1) is 0 Å². The number of esters is 1. The van der Waals surface area contributed by atoms with E-state index in [9.17, 15) is 4.79 Å². The summed E-state index contributed by atoms with van der Waals surface area (Å²) >= 11 is 0. The van der Waals surface area contributed by atoms with Crippen molar-refractivity contribution in [2.45, 2.75) is 103 Å². The Balaban J connectivity index is 1.53. The fourth-order valence-corrected chi connectivity index (χ4v) is 6.38. The molecule has 26 heavy (non-hydrogen) atoms. The van der Waals surface area contributed by atoms with Gasteiger partial charge in [0.15, 0.2) is 0 Å². The van der Waals surface area contributed by atoms with Crippen molar-refractivity contribution in [1.82, 2.24) is 0 Å². The SMILES string of the molecule is CCC(=O)OCC(C)(C)C(C1CCC2OC2(C)C1)C1CCC2OC2(C)C1. The van der Waals surface area contributed by atoms with Crippen molar-refractivity contribution in [3.63, 3.8) is 0 Å². The van der Waals surface area contributed by atoms with Crippen LogP contribution < -0.4 is 0 Å². The smallest absolute Gasteiger partial charge is 0.305 e. The molecular weight excluding hydrogens is 328 g/mol. The number of ether oxygens (including phenoxy) is 3. The van der Waals surface area contributed by atoms with Crippen LogP contribution in [0.25, 0.3) is 0 Å². The van der Waals surface area contributed by atoms with E-state index in [1.165, 1.54) is 25.7 Å². The van der Waals surface area contributed by atoms with Gasteiger partial charge in [-0.2, -0.15) is 0 Å². The molecule has 0 amide bonds. The average Bonchev–Trinajstić information content (AvgIpc) is 3.44. The van der Waals surface area contributed by atoms with E-state index in [4.69, 9.17) is 14.2 Å². The van der Waals surface area contributed by atoms with E-state index in [-0.39, 0.29) is 22.6 Å². The second kappa shape index (κ2) is 6.20. The summed E-state index contributed by atoms with van der Waals surface area (Å²) in [4.78, 5) is 11.8. The minimum Gasteiger partial charge on any atom is -0.465 e. The number of carbonyl (C=O) groups is 1. The molecule has 0 aromatic carbocycles. The molecule has 4 aliphatic rings. The monoisotopic (exact) mass is 364 g/mol. The first-order chi connectivity index (χ1) is 12.2. The topological polar surface area (TPSA) is 51.4 Å². The molecule has 4 nitrogen and oxygen atoms in total. The van der Waals surface area contributed by atoms with Crippen molar-refractivity contribution < 1.29 is 19.0 Å². The van der Waals surface area contributed by atoms with Gasteiger partial charge >= 0.3 is 5.97 Å². The molecule has 2 aliphatic carbocycles. The molecule has 6 atom stereocenters. The first-order valence-electron chi connectivity index (χ1n) is 10.7. The van der Waals surface area contributed by atoms with Crippen LogP contribution in [0.5, 0.6) is 0 Å². The average molecular weight is 365 g/mol. The maximum atomic E-state index is 11.8. The van der Waals surface area contributed by atoms with Crippen LogP contribution in [0.3, 0.4) is 0 Å². The van der Waals surface area contributed by atoms with Crippen molar-refractivity contribution in [2.75, 3.05) is 6.61 Å². The van der Waals surface area contributed by atoms with Crippen molar-refractivity contribution in [3.8, 4) is 0 Å². The summed E-state index contributed by atoms with van der Waals surface area (Å²) in [6.07, 6.45) is 8.60. The van der Waals surface area contributed by atoms with E-state index in [1.54, 1.807) is 0 Å². The predicted molar refractivity (Wildman–Crippen MR) is 99.8 cm³/mol. The van der Waals surface area contributed by atoms with Gasteiger partial charge in [0.1, 0.15) is 0 Å². The van der Waals surface area contributed by atoms with Crippen LogP contribution >= 0.6 is 0 Å². The van der Waals surface area contributed by atoms with Gasteiger partial charge in [-0.05, 0) is 70.1 Å². The normalized spacial score (nSPS) is 45.3. The third-order valence-corrected chi connectivity index (χ3v) is 7.82. The lowest BCUT2D eigenvalue weighted by molar-refractivity contribution is -0.149. The zero-order chi connectivity index (χ0) is 18.7. The molecule has 0 aromatic heterocycles. The first-order valence-corrected chi connectivity index (χ1v) is 10.7. The Morgan fingerprint density at radius 2 is 1.54 bits per heavy atom. The Kier molecular flexibility index (Phi) is 4.47. The molecule has 4 heteroatoms. The highest BCUT2D eigenvalue weighted by Crippen LogP contribution is 2.59. The molecule has 4 rings (SSSR count). The lowest BCUT2D eigenvalue weighted by Gasteiger charge is -2.47. The molecule has 148 valence electrons. The predicted octanol–water partition coefficient (Wildman–Crippen LogP) is 4.50. The standard InChI is InChI=1S/C22H36O4/c1-6-18(23)24-13-20(2,3)19(14-7-9-16-21(4,11-14)25-16)15-8-10-17-22(5,12-15)26-17/h14-17,19H,6-13H2,1-5H3. The third-order valence-electron chi connectivity index (χ3n) is 7.82. The Bertz CT molecular complexity index is 538. The minimum atomic E-state index is -0.0841. The van der Waals surface area contributed by atoms with E-state index in [2.05, 4.69) is 27.7 Å². The number of hydrogen-bond donors (Lipinski definition) is 0. The Labute approximate surface area is 158 Å². The molecule has 4 fully saturated rings. The molecule has 6 unspecified atom stereocenters. The molecule has 0 aromatic rings. The number of rotatable bonds is 6. The van der Waals surface area contributed by atoms with Gasteiger partial charge in [-0.1, -0.05) is 20.8 Å². The van der Waals surface area contributed by atoms with Crippen LogP contribution in [0, 0.1) is 23.2 Å². The summed E-state index contributed by atoms with van der Waals surface area (Å²) in [5.41, 5.74) is 0.194. The summed E-state index contributed by atoms with van der Waals surface area (Å²) in [7, 11) is 0. The molecule has 0 spiro atoms. The fourth-order valence-electron chi connectivity index (χ4n) is 6.38. The molecule has 2 heterocycles. The molecule has 2 saturated heterocycles. The second-order valence-electron chi connectivity index (χ2n) is 10.5. The number of carbonyl (C=O) groups excluding carboxylic acids is 1. The summed E-state index contributed by atoms with van der Waals surface area (Å²) in [6, 6.07) is 0. The molecular formula is C22H36O4. The zero-order valence-corrected chi connectivity index (χ0v) is 17.2. The highest BCUT2D eigenvalue weighted by Gasteiger charge is 2.61. The van der Waals surface area contributed by atoms with Crippen molar-refractivity contribution in [2.24, 2.45) is 23.2 Å². The number of epoxide rings is 2. The van der Waals surface area contributed by atoms with Gasteiger partial charge in [-0.3, -0.25) is 4.79 Å². The zero-order valence-electron chi connectivity index (χ0n) is 17.2. The van der Waals surface area contributed by atoms with Crippen molar-refractivity contribution >= 4 is 5.97 Å². The third kappa shape index (κ3) is 3.32. The number of fused-ring (bicyclic) bond motifs is 2. The molecule has 0 N–H and O–H groups in total. The van der Waals surface area contributed by atoms with Crippen LogP contribution in [0.15, 0.2) is 0 Å². The minimum absolute atomic E-state index is 0.0175. The summed E-state index contributed by atoms with van der Waals surface area (Å²) in [6.45, 7) is 11.6. The van der Waals surface area contributed by atoms with Crippen LogP contribution in [-0.2, 0) is 19.0 Å². The maximum Gasteiger partial charge on any atom is 0.305 e. The lowest BCUT2D eigenvalue weighted by atomic mass is 9.58. The van der Waals surface area contributed by atoms with E-state index in [0.29, 0.717) is 43.0 Å². The van der Waals surface area contributed by atoms with Crippen molar-refractivity contribution in [3.05, 3.63) is 0 Å². The maximum absolute atomic E-state index is 11.8. The Morgan fingerprint density at radius 3 is 1.96 bits per heavy atom. The van der Waals surface area contributed by atoms with Gasteiger partial charge in [0, 0.05) is 11.8 Å². The molecule has 2 saturated carbocycles. The fraction of sp³-hybridized carbons (Fsp3) is 0.955. The lowest BCUT2D eigenvalue weighted by Crippen LogP contribution is -2.45. The highest BCUT2D eigenvalue weighted by atomic mass is 16.6. The van der Waals surface area contributed by atoms with E-state index >= 15 is 0 Å². The van der Waals surface area contributed by atoms with Gasteiger partial charge in [0.2, 0.25) is 0 Å².